The first-order valence-corrected chi connectivity index (χ1v) is 8.29. The topological polar surface area (TPSA) is 43.1 Å². The Labute approximate surface area is 118 Å². The van der Waals surface area contributed by atoms with Gasteiger partial charge in [-0.05, 0) is 43.4 Å². The van der Waals surface area contributed by atoms with Crippen molar-refractivity contribution in [3.8, 4) is 0 Å². The van der Waals surface area contributed by atoms with Crippen molar-refractivity contribution in [3.05, 3.63) is 0 Å². The molecule has 0 radical (unpaired) electrons. The summed E-state index contributed by atoms with van der Waals surface area (Å²) in [5.41, 5.74) is 5.30. The molecule has 1 amide bonds. The van der Waals surface area contributed by atoms with E-state index in [1.807, 2.05) is 6.92 Å². The van der Waals surface area contributed by atoms with Crippen molar-refractivity contribution in [1.29, 1.82) is 0 Å². The maximum absolute atomic E-state index is 11.4. The van der Waals surface area contributed by atoms with Gasteiger partial charge in [0.2, 0.25) is 5.91 Å². The standard InChI is InChI=1S/C17H31NO/c1-13-3-5-14(6-4-13)7-8-15-9-11-17(2,12-10-15)16(18)19/h13-15H,3-12H2,1-2H3,(H2,18,19)/t13-,14+,15-,17+. The molecular weight excluding hydrogens is 234 g/mol. The minimum absolute atomic E-state index is 0.0905. The van der Waals surface area contributed by atoms with Crippen LogP contribution in [-0.2, 0) is 4.79 Å². The third kappa shape index (κ3) is 3.97. The fraction of sp³-hybridized carbons (Fsp3) is 0.941. The second-order valence-corrected chi connectivity index (χ2v) is 7.57. The summed E-state index contributed by atoms with van der Waals surface area (Å²) >= 11 is 0. The molecule has 0 unspecified atom stereocenters. The number of carbonyl (C=O) groups is 1. The van der Waals surface area contributed by atoms with Crippen LogP contribution in [0.4, 0.5) is 0 Å². The third-order valence-electron chi connectivity index (χ3n) is 5.92. The zero-order chi connectivity index (χ0) is 13.9. The predicted molar refractivity (Wildman–Crippen MR) is 79.6 cm³/mol. The number of primary amides is 1. The SMILES string of the molecule is C[C@H]1CC[C@@H](CC[C@H]2CC[C@@](C)(C(N)=O)CC2)CC1. The van der Waals surface area contributed by atoms with Gasteiger partial charge in [0.1, 0.15) is 0 Å². The zero-order valence-electron chi connectivity index (χ0n) is 12.8. The number of hydrogen-bond donors (Lipinski definition) is 1. The van der Waals surface area contributed by atoms with E-state index in [2.05, 4.69) is 6.92 Å². The van der Waals surface area contributed by atoms with Crippen LogP contribution in [0.5, 0.6) is 0 Å². The number of nitrogens with two attached hydrogens (primary N) is 1. The predicted octanol–water partition coefficient (Wildman–Crippen LogP) is 4.27. The largest absolute Gasteiger partial charge is 0.369 e. The summed E-state index contributed by atoms with van der Waals surface area (Å²) in [4.78, 5) is 11.4. The maximum Gasteiger partial charge on any atom is 0.223 e. The van der Waals surface area contributed by atoms with E-state index in [1.165, 1.54) is 51.4 Å². The van der Waals surface area contributed by atoms with Crippen LogP contribution < -0.4 is 5.73 Å². The van der Waals surface area contributed by atoms with Crippen molar-refractivity contribution in [2.24, 2.45) is 28.9 Å². The Bertz CT molecular complexity index is 296. The monoisotopic (exact) mass is 265 g/mol. The van der Waals surface area contributed by atoms with Crippen LogP contribution in [0, 0.1) is 23.2 Å². The van der Waals surface area contributed by atoms with E-state index in [1.54, 1.807) is 0 Å². The number of hydrogen-bond acceptors (Lipinski definition) is 1. The van der Waals surface area contributed by atoms with E-state index in [-0.39, 0.29) is 11.3 Å². The molecular formula is C17H31NO. The summed E-state index contributed by atoms with van der Waals surface area (Å²) in [7, 11) is 0. The minimum atomic E-state index is -0.212. The lowest BCUT2D eigenvalue weighted by atomic mass is 9.69. The first-order valence-electron chi connectivity index (χ1n) is 8.29. The molecule has 2 heteroatoms. The molecule has 2 nitrogen and oxygen atoms in total. The van der Waals surface area contributed by atoms with Crippen molar-refractivity contribution in [1.82, 2.24) is 0 Å². The van der Waals surface area contributed by atoms with Crippen molar-refractivity contribution >= 4 is 5.91 Å². The van der Waals surface area contributed by atoms with Gasteiger partial charge < -0.3 is 5.73 Å². The van der Waals surface area contributed by atoms with Crippen LogP contribution in [0.25, 0.3) is 0 Å². The van der Waals surface area contributed by atoms with Gasteiger partial charge in [0.05, 0.1) is 0 Å². The average Bonchev–Trinajstić information content (AvgIpc) is 2.40. The Kier molecular flexibility index (Phi) is 4.92. The quantitative estimate of drug-likeness (QED) is 0.810. The molecule has 0 atom stereocenters. The molecule has 0 aromatic carbocycles. The zero-order valence-corrected chi connectivity index (χ0v) is 12.8. The molecule has 19 heavy (non-hydrogen) atoms. The van der Waals surface area contributed by atoms with E-state index in [9.17, 15) is 4.79 Å². The van der Waals surface area contributed by atoms with Gasteiger partial charge in [-0.25, -0.2) is 0 Å². The average molecular weight is 265 g/mol. The van der Waals surface area contributed by atoms with Crippen molar-refractivity contribution in [3.63, 3.8) is 0 Å². The first kappa shape index (κ1) is 14.9. The normalized spacial score (nSPS) is 40.0. The van der Waals surface area contributed by atoms with Crippen LogP contribution in [0.3, 0.4) is 0 Å². The summed E-state index contributed by atoms with van der Waals surface area (Å²) in [6.07, 6.45) is 13.0. The first-order chi connectivity index (χ1) is 8.99. The fourth-order valence-corrected chi connectivity index (χ4v) is 3.94. The molecule has 0 aromatic rings. The van der Waals surface area contributed by atoms with Gasteiger partial charge in [-0.15, -0.1) is 0 Å². The summed E-state index contributed by atoms with van der Waals surface area (Å²) in [5.74, 6) is 2.71. The van der Waals surface area contributed by atoms with Gasteiger partial charge in [-0.2, -0.15) is 0 Å². The third-order valence-corrected chi connectivity index (χ3v) is 5.92. The molecule has 0 heterocycles. The van der Waals surface area contributed by atoms with Gasteiger partial charge in [-0.1, -0.05) is 52.4 Å². The molecule has 0 spiro atoms. The van der Waals surface area contributed by atoms with Crippen molar-refractivity contribution < 1.29 is 4.79 Å². The van der Waals surface area contributed by atoms with Gasteiger partial charge in [0.25, 0.3) is 0 Å². The minimum Gasteiger partial charge on any atom is -0.369 e. The Hall–Kier alpha value is -0.530. The Morgan fingerprint density at radius 2 is 1.47 bits per heavy atom. The molecule has 0 bridgehead atoms. The number of amides is 1. The Morgan fingerprint density at radius 1 is 1.00 bits per heavy atom. The molecule has 2 fully saturated rings. The van der Waals surface area contributed by atoms with Crippen molar-refractivity contribution in [2.75, 3.05) is 0 Å². The second kappa shape index (κ2) is 6.28. The Morgan fingerprint density at radius 3 is 1.95 bits per heavy atom. The smallest absolute Gasteiger partial charge is 0.223 e. The van der Waals surface area contributed by atoms with Crippen LogP contribution >= 0.6 is 0 Å². The lowest BCUT2D eigenvalue weighted by Crippen LogP contribution is -2.37. The van der Waals surface area contributed by atoms with E-state index in [4.69, 9.17) is 5.73 Å². The highest BCUT2D eigenvalue weighted by Gasteiger charge is 2.35. The molecule has 2 rings (SSSR count). The van der Waals surface area contributed by atoms with Gasteiger partial charge in [0, 0.05) is 5.41 Å². The molecule has 2 N–H and O–H groups in total. The van der Waals surface area contributed by atoms with Crippen LogP contribution in [0.1, 0.15) is 78.1 Å². The van der Waals surface area contributed by atoms with E-state index < -0.39 is 0 Å². The Balaban J connectivity index is 1.67. The van der Waals surface area contributed by atoms with Gasteiger partial charge in [0.15, 0.2) is 0 Å². The van der Waals surface area contributed by atoms with E-state index in [0.29, 0.717) is 0 Å². The molecule has 2 saturated carbocycles. The lowest BCUT2D eigenvalue weighted by Gasteiger charge is -2.35. The summed E-state index contributed by atoms with van der Waals surface area (Å²) < 4.78 is 0. The number of carbonyl (C=O) groups excluding carboxylic acids is 1. The van der Waals surface area contributed by atoms with Gasteiger partial charge in [-0.3, -0.25) is 4.79 Å². The van der Waals surface area contributed by atoms with Gasteiger partial charge >= 0.3 is 0 Å². The maximum atomic E-state index is 11.4. The van der Waals surface area contributed by atoms with Crippen LogP contribution in [-0.4, -0.2) is 5.91 Å². The molecule has 2 aliphatic rings. The lowest BCUT2D eigenvalue weighted by molar-refractivity contribution is -0.129. The summed E-state index contributed by atoms with van der Waals surface area (Å²) in [5, 5.41) is 0. The van der Waals surface area contributed by atoms with E-state index >= 15 is 0 Å². The fourth-order valence-electron chi connectivity index (χ4n) is 3.94. The molecule has 0 saturated heterocycles. The summed E-state index contributed by atoms with van der Waals surface area (Å²) in [6, 6.07) is 0. The molecule has 0 aliphatic heterocycles. The summed E-state index contributed by atoms with van der Waals surface area (Å²) in [6.45, 7) is 4.44. The molecule has 110 valence electrons. The molecule has 0 aromatic heterocycles. The van der Waals surface area contributed by atoms with Crippen LogP contribution in [0.15, 0.2) is 0 Å². The second-order valence-electron chi connectivity index (χ2n) is 7.57. The highest BCUT2D eigenvalue weighted by molar-refractivity contribution is 5.80. The highest BCUT2D eigenvalue weighted by atomic mass is 16.1. The molecule has 2 aliphatic carbocycles. The van der Waals surface area contributed by atoms with Crippen LogP contribution in [0.2, 0.25) is 0 Å². The van der Waals surface area contributed by atoms with E-state index in [0.717, 1.165) is 30.6 Å². The highest BCUT2D eigenvalue weighted by Crippen LogP contribution is 2.41. The number of rotatable bonds is 4. The van der Waals surface area contributed by atoms with Crippen molar-refractivity contribution in [2.45, 2.75) is 78.1 Å².